The average Bonchev–Trinajstić information content (AvgIpc) is 3.12. The molecule has 0 atom stereocenters. The van der Waals surface area contributed by atoms with Crippen LogP contribution in [0.4, 0.5) is 5.82 Å². The van der Waals surface area contributed by atoms with Crippen molar-refractivity contribution in [3.05, 3.63) is 42.6 Å². The summed E-state index contributed by atoms with van der Waals surface area (Å²) in [4.78, 5) is 12.0. The number of benzene rings is 1. The van der Waals surface area contributed by atoms with E-state index in [1.165, 1.54) is 0 Å². The number of hydrogen-bond donors (Lipinski definition) is 2. The Kier molecular flexibility index (Phi) is 4.75. The van der Waals surface area contributed by atoms with Gasteiger partial charge in [-0.25, -0.2) is 9.97 Å². The number of nitrogens with zero attached hydrogens (tertiary/aromatic N) is 5. The molecule has 2 N–H and O–H groups in total. The smallest absolute Gasteiger partial charge is 0.129 e. The molecule has 7 heteroatoms. The fraction of sp³-hybridized carbons (Fsp3) is 0.348. The summed E-state index contributed by atoms with van der Waals surface area (Å²) >= 11 is 0. The fourth-order valence-electron chi connectivity index (χ4n) is 4.32. The van der Waals surface area contributed by atoms with Crippen molar-refractivity contribution in [2.45, 2.75) is 25.8 Å². The van der Waals surface area contributed by atoms with E-state index in [1.807, 2.05) is 37.5 Å². The number of piperidine rings is 1. The van der Waals surface area contributed by atoms with Crippen molar-refractivity contribution in [3.8, 4) is 17.0 Å². The monoisotopic (exact) mass is 402 g/mol. The van der Waals surface area contributed by atoms with E-state index in [2.05, 4.69) is 28.3 Å². The zero-order valence-corrected chi connectivity index (χ0v) is 17.3. The second-order valence-corrected chi connectivity index (χ2v) is 7.95. The summed E-state index contributed by atoms with van der Waals surface area (Å²) in [5.41, 5.74) is 3.89. The lowest BCUT2D eigenvalue weighted by Gasteiger charge is -2.33. The van der Waals surface area contributed by atoms with E-state index >= 15 is 0 Å². The highest BCUT2D eigenvalue weighted by Gasteiger charge is 2.19. The Bertz CT molecular complexity index is 1210. The Labute approximate surface area is 175 Å². The molecule has 0 saturated carbocycles. The van der Waals surface area contributed by atoms with Crippen LogP contribution in [0.1, 0.15) is 19.8 Å². The normalized spacial score (nSPS) is 15.3. The minimum Gasteiger partial charge on any atom is -0.507 e. The van der Waals surface area contributed by atoms with Gasteiger partial charge >= 0.3 is 0 Å². The molecule has 7 nitrogen and oxygen atoms in total. The number of fused-ring (bicyclic) bond motifs is 2. The van der Waals surface area contributed by atoms with Crippen molar-refractivity contribution in [2.24, 2.45) is 7.05 Å². The highest BCUT2D eigenvalue weighted by Crippen LogP contribution is 2.33. The van der Waals surface area contributed by atoms with Crippen LogP contribution >= 0.6 is 0 Å². The van der Waals surface area contributed by atoms with E-state index in [9.17, 15) is 5.11 Å². The van der Waals surface area contributed by atoms with Crippen molar-refractivity contribution < 1.29 is 5.11 Å². The molecule has 1 aromatic carbocycles. The number of pyridine rings is 2. The Morgan fingerprint density at radius 3 is 2.60 bits per heavy atom. The highest BCUT2D eigenvalue weighted by molar-refractivity contribution is 5.88. The Balaban J connectivity index is 1.43. The summed E-state index contributed by atoms with van der Waals surface area (Å²) in [6, 6.07) is 12.2. The van der Waals surface area contributed by atoms with Crippen molar-refractivity contribution in [1.29, 1.82) is 0 Å². The molecule has 0 amide bonds. The number of aromatic hydroxyl groups is 1. The predicted molar refractivity (Wildman–Crippen MR) is 120 cm³/mol. The fourth-order valence-corrected chi connectivity index (χ4v) is 4.32. The average molecular weight is 403 g/mol. The summed E-state index contributed by atoms with van der Waals surface area (Å²) in [6.45, 7) is 5.21. The Hall–Kier alpha value is -3.19. The number of nitrogens with one attached hydrogen (secondary N) is 1. The molecule has 0 unspecified atom stereocenters. The first-order chi connectivity index (χ1) is 14.6. The van der Waals surface area contributed by atoms with Crippen molar-refractivity contribution in [2.75, 3.05) is 24.5 Å². The van der Waals surface area contributed by atoms with Crippen LogP contribution in [0.2, 0.25) is 0 Å². The number of phenolic OH excluding ortho intramolecular Hbond substituents is 1. The zero-order chi connectivity index (χ0) is 20.7. The minimum atomic E-state index is 0.182. The quantitative estimate of drug-likeness (QED) is 0.544. The summed E-state index contributed by atoms with van der Waals surface area (Å²) < 4.78 is 1.74. The third kappa shape index (κ3) is 3.45. The molecule has 0 bridgehead atoms. The van der Waals surface area contributed by atoms with Gasteiger partial charge in [-0.2, -0.15) is 5.10 Å². The van der Waals surface area contributed by atoms with Crippen molar-refractivity contribution >= 4 is 27.8 Å². The summed E-state index contributed by atoms with van der Waals surface area (Å²) in [6.07, 6.45) is 4.22. The Morgan fingerprint density at radius 2 is 1.80 bits per heavy atom. The summed E-state index contributed by atoms with van der Waals surface area (Å²) in [7, 11) is 1.87. The molecule has 0 radical (unpaired) electrons. The van der Waals surface area contributed by atoms with Gasteiger partial charge in [0.2, 0.25) is 0 Å². The summed E-state index contributed by atoms with van der Waals surface area (Å²) in [5, 5.41) is 19.4. The SMILES string of the molecule is CCNC1CCN(c2ccc3nc(-c4cc5cn(C)nc5cc4O)ccc3n2)CC1. The van der Waals surface area contributed by atoms with Gasteiger partial charge in [-0.05, 0) is 49.7 Å². The molecule has 0 aliphatic carbocycles. The van der Waals surface area contributed by atoms with Crippen LogP contribution in [0.5, 0.6) is 5.75 Å². The summed E-state index contributed by atoms with van der Waals surface area (Å²) in [5.74, 6) is 1.19. The molecule has 4 aromatic rings. The van der Waals surface area contributed by atoms with Gasteiger partial charge in [0.05, 0.1) is 22.2 Å². The van der Waals surface area contributed by atoms with Crippen LogP contribution in [0, 0.1) is 0 Å². The van der Waals surface area contributed by atoms with Crippen LogP contribution in [0.25, 0.3) is 33.2 Å². The molecule has 1 aliphatic heterocycles. The maximum atomic E-state index is 10.5. The molecule has 1 fully saturated rings. The van der Waals surface area contributed by atoms with Crippen LogP contribution in [0.3, 0.4) is 0 Å². The van der Waals surface area contributed by atoms with Gasteiger partial charge in [0.25, 0.3) is 0 Å². The maximum absolute atomic E-state index is 10.5. The number of hydrogen-bond acceptors (Lipinski definition) is 6. The lowest BCUT2D eigenvalue weighted by Crippen LogP contribution is -2.42. The largest absolute Gasteiger partial charge is 0.507 e. The Morgan fingerprint density at radius 1 is 1.03 bits per heavy atom. The molecular weight excluding hydrogens is 376 g/mol. The minimum absolute atomic E-state index is 0.182. The lowest BCUT2D eigenvalue weighted by atomic mass is 10.0. The maximum Gasteiger partial charge on any atom is 0.129 e. The van der Waals surface area contributed by atoms with Gasteiger partial charge in [-0.3, -0.25) is 4.68 Å². The van der Waals surface area contributed by atoms with Gasteiger partial charge in [0.15, 0.2) is 0 Å². The first-order valence-electron chi connectivity index (χ1n) is 10.5. The molecular formula is C23H26N6O. The third-order valence-electron chi connectivity index (χ3n) is 5.85. The molecule has 1 saturated heterocycles. The third-order valence-corrected chi connectivity index (χ3v) is 5.85. The van der Waals surface area contributed by atoms with E-state index in [0.717, 1.165) is 65.9 Å². The van der Waals surface area contributed by atoms with E-state index in [-0.39, 0.29) is 5.75 Å². The van der Waals surface area contributed by atoms with E-state index in [4.69, 9.17) is 9.97 Å². The van der Waals surface area contributed by atoms with E-state index < -0.39 is 0 Å². The molecule has 154 valence electrons. The van der Waals surface area contributed by atoms with Crippen LogP contribution in [-0.2, 0) is 7.05 Å². The number of aromatic nitrogens is 4. The van der Waals surface area contributed by atoms with Gasteiger partial charge in [0, 0.05) is 49.4 Å². The van der Waals surface area contributed by atoms with Crippen LogP contribution < -0.4 is 10.2 Å². The molecule has 5 rings (SSSR count). The van der Waals surface area contributed by atoms with E-state index in [1.54, 1.807) is 10.7 Å². The van der Waals surface area contributed by atoms with Gasteiger partial charge in [-0.1, -0.05) is 6.92 Å². The van der Waals surface area contributed by atoms with Gasteiger partial charge in [0.1, 0.15) is 11.6 Å². The molecule has 1 aliphatic rings. The first kappa shape index (κ1) is 18.8. The van der Waals surface area contributed by atoms with Gasteiger partial charge in [-0.15, -0.1) is 0 Å². The second kappa shape index (κ2) is 7.57. The second-order valence-electron chi connectivity index (χ2n) is 7.95. The molecule has 30 heavy (non-hydrogen) atoms. The highest BCUT2D eigenvalue weighted by atomic mass is 16.3. The number of anilines is 1. The first-order valence-corrected chi connectivity index (χ1v) is 10.5. The van der Waals surface area contributed by atoms with Gasteiger partial charge < -0.3 is 15.3 Å². The van der Waals surface area contributed by atoms with Crippen molar-refractivity contribution in [1.82, 2.24) is 25.1 Å². The van der Waals surface area contributed by atoms with Crippen LogP contribution in [0.15, 0.2) is 42.6 Å². The zero-order valence-electron chi connectivity index (χ0n) is 17.3. The van der Waals surface area contributed by atoms with Crippen molar-refractivity contribution in [3.63, 3.8) is 0 Å². The number of aryl methyl sites for hydroxylation is 1. The topological polar surface area (TPSA) is 79.1 Å². The van der Waals surface area contributed by atoms with Crippen LogP contribution in [-0.4, -0.2) is 50.5 Å². The molecule has 0 spiro atoms. The number of rotatable bonds is 4. The predicted octanol–water partition coefficient (Wildman–Crippen LogP) is 3.47. The lowest BCUT2D eigenvalue weighted by molar-refractivity contribution is 0.422. The molecule has 4 heterocycles. The van der Waals surface area contributed by atoms with E-state index in [0.29, 0.717) is 11.6 Å². The number of phenols is 1. The molecule has 3 aromatic heterocycles. The standard InChI is InChI=1S/C23H26N6O/c1-3-24-16-8-10-29(11-9-16)23-7-6-19-20(26-23)5-4-18(25-19)17-12-15-14-28(2)27-21(15)13-22(17)30/h4-7,12-14,16,24,30H,3,8-11H2,1-2H3.